The van der Waals surface area contributed by atoms with E-state index in [0.717, 1.165) is 6.07 Å². The minimum absolute atomic E-state index is 0.146. The summed E-state index contributed by atoms with van der Waals surface area (Å²) in [7, 11) is 1.69. The Kier molecular flexibility index (Phi) is 4.48. The summed E-state index contributed by atoms with van der Waals surface area (Å²) in [6.45, 7) is 1.35. The van der Waals surface area contributed by atoms with Crippen molar-refractivity contribution in [2.45, 2.75) is 12.5 Å². The largest absolute Gasteiger partial charge is 0.383 e. The lowest BCUT2D eigenvalue weighted by Crippen LogP contribution is -2.38. The van der Waals surface area contributed by atoms with E-state index in [1.165, 1.54) is 17.8 Å². The highest BCUT2D eigenvalue weighted by Gasteiger charge is 2.26. The van der Waals surface area contributed by atoms with E-state index in [-0.39, 0.29) is 17.1 Å². The Bertz CT molecular complexity index is 716. The molecule has 0 saturated heterocycles. The molecule has 0 aliphatic carbocycles. The molecule has 0 saturated carbocycles. The molecule has 0 aliphatic heterocycles. The molecule has 118 valence electrons. The number of aliphatic hydroxyl groups is 1. The Morgan fingerprint density at radius 2 is 2.09 bits per heavy atom. The van der Waals surface area contributed by atoms with Gasteiger partial charge in [0.05, 0.1) is 23.3 Å². The SMILES string of the molecule is Cn1cc(C(C)(O)CNC(=O)c2cc(F)c(F)cc2Cl)cn1. The van der Waals surface area contributed by atoms with Crippen LogP contribution in [0.2, 0.25) is 5.02 Å². The minimum atomic E-state index is -1.37. The monoisotopic (exact) mass is 329 g/mol. The third kappa shape index (κ3) is 3.42. The number of benzene rings is 1. The molecule has 5 nitrogen and oxygen atoms in total. The van der Waals surface area contributed by atoms with Gasteiger partial charge in [0.2, 0.25) is 0 Å². The van der Waals surface area contributed by atoms with Crippen LogP contribution in [0.25, 0.3) is 0 Å². The highest BCUT2D eigenvalue weighted by molar-refractivity contribution is 6.33. The van der Waals surface area contributed by atoms with Gasteiger partial charge in [0.25, 0.3) is 5.91 Å². The average molecular weight is 330 g/mol. The first-order chi connectivity index (χ1) is 10.2. The van der Waals surface area contributed by atoms with Gasteiger partial charge in [-0.3, -0.25) is 9.48 Å². The van der Waals surface area contributed by atoms with Gasteiger partial charge in [-0.1, -0.05) is 11.6 Å². The van der Waals surface area contributed by atoms with E-state index >= 15 is 0 Å². The molecular weight excluding hydrogens is 316 g/mol. The van der Waals surface area contributed by atoms with Crippen LogP contribution in [0, 0.1) is 11.6 Å². The van der Waals surface area contributed by atoms with Gasteiger partial charge in [-0.05, 0) is 19.1 Å². The van der Waals surface area contributed by atoms with Crippen molar-refractivity contribution in [3.8, 4) is 0 Å². The zero-order chi connectivity index (χ0) is 16.5. The van der Waals surface area contributed by atoms with Crippen LogP contribution in [0.15, 0.2) is 24.5 Å². The summed E-state index contributed by atoms with van der Waals surface area (Å²) in [5.74, 6) is -3.02. The molecular formula is C14H14ClF2N3O2. The number of nitrogens with zero attached hydrogens (tertiary/aromatic N) is 2. The van der Waals surface area contributed by atoms with Gasteiger partial charge in [0.1, 0.15) is 5.60 Å². The second-order valence-corrected chi connectivity index (χ2v) is 5.51. The number of amides is 1. The van der Waals surface area contributed by atoms with Gasteiger partial charge >= 0.3 is 0 Å². The molecule has 1 atom stereocenters. The van der Waals surface area contributed by atoms with E-state index in [4.69, 9.17) is 11.6 Å². The number of aryl methyl sites for hydroxylation is 1. The maximum Gasteiger partial charge on any atom is 0.253 e. The lowest BCUT2D eigenvalue weighted by atomic mass is 9.99. The standard InChI is InChI=1S/C14H14ClF2N3O2/c1-14(22,8-5-19-20(2)6-8)7-18-13(21)9-3-11(16)12(17)4-10(9)15/h3-6,22H,7H2,1-2H3,(H,18,21). The minimum Gasteiger partial charge on any atom is -0.383 e. The van der Waals surface area contributed by atoms with Crippen molar-refractivity contribution in [2.75, 3.05) is 6.54 Å². The molecule has 0 aliphatic rings. The van der Waals surface area contributed by atoms with E-state index in [2.05, 4.69) is 10.4 Å². The molecule has 1 amide bonds. The predicted octanol–water partition coefficient (Wildman–Crippen LogP) is 1.99. The van der Waals surface area contributed by atoms with Crippen molar-refractivity contribution in [2.24, 2.45) is 7.05 Å². The molecule has 1 aromatic heterocycles. The highest BCUT2D eigenvalue weighted by Crippen LogP contribution is 2.21. The number of carbonyl (C=O) groups is 1. The number of rotatable bonds is 4. The molecule has 0 bridgehead atoms. The van der Waals surface area contributed by atoms with E-state index in [9.17, 15) is 18.7 Å². The first-order valence-electron chi connectivity index (χ1n) is 6.35. The van der Waals surface area contributed by atoms with Crippen LogP contribution in [0.5, 0.6) is 0 Å². The Labute approximate surface area is 130 Å². The maximum atomic E-state index is 13.2. The van der Waals surface area contributed by atoms with Crippen molar-refractivity contribution in [3.63, 3.8) is 0 Å². The van der Waals surface area contributed by atoms with Crippen molar-refractivity contribution in [1.29, 1.82) is 0 Å². The fourth-order valence-electron chi connectivity index (χ4n) is 1.85. The molecule has 2 rings (SSSR count). The van der Waals surface area contributed by atoms with E-state index < -0.39 is 23.1 Å². The summed E-state index contributed by atoms with van der Waals surface area (Å²) < 4.78 is 27.7. The molecule has 22 heavy (non-hydrogen) atoms. The fourth-order valence-corrected chi connectivity index (χ4v) is 2.08. The number of hydrogen-bond acceptors (Lipinski definition) is 3. The van der Waals surface area contributed by atoms with Crippen molar-refractivity contribution in [3.05, 3.63) is 52.3 Å². The third-order valence-corrected chi connectivity index (χ3v) is 3.49. The van der Waals surface area contributed by atoms with Gasteiger partial charge in [-0.15, -0.1) is 0 Å². The van der Waals surface area contributed by atoms with Crippen molar-refractivity contribution in [1.82, 2.24) is 15.1 Å². The molecule has 0 spiro atoms. The lowest BCUT2D eigenvalue weighted by Gasteiger charge is -2.22. The van der Waals surface area contributed by atoms with Gasteiger partial charge in [0.15, 0.2) is 11.6 Å². The number of halogens is 3. The zero-order valence-electron chi connectivity index (χ0n) is 11.9. The van der Waals surface area contributed by atoms with Gasteiger partial charge in [-0.2, -0.15) is 5.10 Å². The first kappa shape index (κ1) is 16.4. The summed E-state index contributed by atoms with van der Waals surface area (Å²) in [5, 5.41) is 16.5. The third-order valence-electron chi connectivity index (χ3n) is 3.17. The van der Waals surface area contributed by atoms with E-state index in [0.29, 0.717) is 11.6 Å². The summed E-state index contributed by atoms with van der Waals surface area (Å²) in [5.41, 5.74) is -1.07. The first-order valence-corrected chi connectivity index (χ1v) is 6.73. The zero-order valence-corrected chi connectivity index (χ0v) is 12.7. The molecule has 8 heteroatoms. The van der Waals surface area contributed by atoms with E-state index in [1.807, 2.05) is 0 Å². The van der Waals surface area contributed by atoms with Crippen molar-refractivity contribution < 1.29 is 18.7 Å². The van der Waals surface area contributed by atoms with Gasteiger partial charge in [0, 0.05) is 18.8 Å². The Morgan fingerprint density at radius 1 is 1.45 bits per heavy atom. The summed E-state index contributed by atoms with van der Waals surface area (Å²) in [6.07, 6.45) is 3.08. The molecule has 1 unspecified atom stereocenters. The lowest BCUT2D eigenvalue weighted by molar-refractivity contribution is 0.0525. The summed E-state index contributed by atoms with van der Waals surface area (Å²) in [4.78, 5) is 12.0. The molecule has 0 radical (unpaired) electrons. The second kappa shape index (κ2) is 6.02. The summed E-state index contributed by atoms with van der Waals surface area (Å²) in [6, 6.07) is 1.44. The van der Waals surface area contributed by atoms with Crippen molar-refractivity contribution >= 4 is 17.5 Å². The Hall–Kier alpha value is -1.99. The van der Waals surface area contributed by atoms with Crippen LogP contribution in [-0.4, -0.2) is 27.3 Å². The van der Waals surface area contributed by atoms with Crippen LogP contribution < -0.4 is 5.32 Å². The van der Waals surface area contributed by atoms with Crippen LogP contribution in [0.3, 0.4) is 0 Å². The Balaban J connectivity index is 2.11. The normalized spacial score (nSPS) is 13.7. The number of nitrogens with one attached hydrogen (secondary N) is 1. The smallest absolute Gasteiger partial charge is 0.253 e. The van der Waals surface area contributed by atoms with E-state index in [1.54, 1.807) is 13.2 Å². The molecule has 2 N–H and O–H groups in total. The van der Waals surface area contributed by atoms with Crippen LogP contribution >= 0.6 is 11.6 Å². The van der Waals surface area contributed by atoms with Gasteiger partial charge in [-0.25, -0.2) is 8.78 Å². The topological polar surface area (TPSA) is 67.2 Å². The molecule has 1 aromatic carbocycles. The molecule has 0 fully saturated rings. The molecule has 2 aromatic rings. The molecule has 1 heterocycles. The highest BCUT2D eigenvalue weighted by atomic mass is 35.5. The Morgan fingerprint density at radius 3 is 2.68 bits per heavy atom. The van der Waals surface area contributed by atoms with Crippen LogP contribution in [0.1, 0.15) is 22.8 Å². The number of aromatic nitrogens is 2. The maximum absolute atomic E-state index is 13.2. The summed E-state index contributed by atoms with van der Waals surface area (Å²) >= 11 is 5.72. The van der Waals surface area contributed by atoms with Crippen LogP contribution in [-0.2, 0) is 12.6 Å². The second-order valence-electron chi connectivity index (χ2n) is 5.11. The number of hydrogen-bond donors (Lipinski definition) is 2. The predicted molar refractivity (Wildman–Crippen MR) is 76.5 cm³/mol. The number of carbonyl (C=O) groups excluding carboxylic acids is 1. The van der Waals surface area contributed by atoms with Crippen LogP contribution in [0.4, 0.5) is 8.78 Å². The quantitative estimate of drug-likeness (QED) is 0.843. The average Bonchev–Trinajstić information content (AvgIpc) is 2.88. The van der Waals surface area contributed by atoms with Gasteiger partial charge < -0.3 is 10.4 Å². The fraction of sp³-hybridized carbons (Fsp3) is 0.286.